The zero-order chi connectivity index (χ0) is 13.4. The molecule has 1 atom stereocenters. The van der Waals surface area contributed by atoms with Gasteiger partial charge in [-0.3, -0.25) is 4.57 Å². The number of nitrogens with zero attached hydrogens (tertiary/aromatic N) is 3. The van der Waals surface area contributed by atoms with Crippen LogP contribution in [0.3, 0.4) is 0 Å². The largest absolute Gasteiger partial charge is 0.444 e. The third-order valence-corrected chi connectivity index (χ3v) is 1.77. The SMILES string of the molecule is CC.CC.NC1COc2nc([N+](=O)[O-])cn2C1. The Kier molecular flexibility index (Phi) is 6.88. The van der Waals surface area contributed by atoms with Gasteiger partial charge in [0.05, 0.1) is 6.04 Å². The van der Waals surface area contributed by atoms with Crippen molar-refractivity contribution in [2.24, 2.45) is 5.73 Å². The average molecular weight is 244 g/mol. The predicted molar refractivity (Wildman–Crippen MR) is 65.0 cm³/mol. The summed E-state index contributed by atoms with van der Waals surface area (Å²) in [5.41, 5.74) is 5.59. The summed E-state index contributed by atoms with van der Waals surface area (Å²) in [6.07, 6.45) is 1.33. The highest BCUT2D eigenvalue weighted by Crippen LogP contribution is 2.20. The topological polar surface area (TPSA) is 96.2 Å². The van der Waals surface area contributed by atoms with E-state index in [1.807, 2.05) is 27.7 Å². The van der Waals surface area contributed by atoms with Crippen molar-refractivity contribution >= 4 is 5.82 Å². The minimum absolute atomic E-state index is 0.124. The molecule has 1 aromatic heterocycles. The van der Waals surface area contributed by atoms with Gasteiger partial charge >= 0.3 is 11.8 Å². The summed E-state index contributed by atoms with van der Waals surface area (Å²) in [5.74, 6) is -0.205. The van der Waals surface area contributed by atoms with Crippen LogP contribution in [0.4, 0.5) is 5.82 Å². The van der Waals surface area contributed by atoms with Crippen molar-refractivity contribution in [1.29, 1.82) is 0 Å². The Bertz CT molecular complexity index is 351. The van der Waals surface area contributed by atoms with Gasteiger partial charge in [-0.15, -0.1) is 0 Å². The molecule has 98 valence electrons. The fourth-order valence-electron chi connectivity index (χ4n) is 1.21. The van der Waals surface area contributed by atoms with Crippen LogP contribution in [-0.2, 0) is 6.54 Å². The molecule has 2 N–H and O–H groups in total. The molecule has 1 aliphatic heterocycles. The number of hydrogen-bond donors (Lipinski definition) is 1. The number of hydrogen-bond acceptors (Lipinski definition) is 5. The highest BCUT2D eigenvalue weighted by atomic mass is 16.6. The van der Waals surface area contributed by atoms with Crippen LogP contribution in [0.25, 0.3) is 0 Å². The summed E-state index contributed by atoms with van der Waals surface area (Å²) in [6.45, 7) is 8.87. The molecule has 1 aromatic rings. The fraction of sp³-hybridized carbons (Fsp3) is 0.700. The average Bonchev–Trinajstić information content (AvgIpc) is 2.77. The molecule has 1 unspecified atom stereocenters. The van der Waals surface area contributed by atoms with E-state index in [4.69, 9.17) is 10.5 Å². The predicted octanol–water partition coefficient (Wildman–Crippen LogP) is 1.56. The summed E-state index contributed by atoms with van der Waals surface area (Å²) >= 11 is 0. The highest BCUT2D eigenvalue weighted by Gasteiger charge is 2.25. The zero-order valence-corrected chi connectivity index (χ0v) is 10.7. The molecule has 17 heavy (non-hydrogen) atoms. The third kappa shape index (κ3) is 4.03. The molecule has 0 aliphatic carbocycles. The first-order valence-electron chi connectivity index (χ1n) is 5.77. The summed E-state index contributed by atoms with van der Waals surface area (Å²) in [6, 6.07) is 0.148. The van der Waals surface area contributed by atoms with Crippen molar-refractivity contribution in [3.05, 3.63) is 16.3 Å². The van der Waals surface area contributed by atoms with Crippen LogP contribution in [-0.4, -0.2) is 27.1 Å². The first kappa shape index (κ1) is 15.4. The molecule has 1 aliphatic rings. The number of fused-ring (bicyclic) bond motifs is 1. The lowest BCUT2D eigenvalue weighted by Crippen LogP contribution is -2.36. The first-order valence-corrected chi connectivity index (χ1v) is 5.77. The van der Waals surface area contributed by atoms with Crippen molar-refractivity contribution in [1.82, 2.24) is 9.55 Å². The molecule has 2 heterocycles. The van der Waals surface area contributed by atoms with Crippen molar-refractivity contribution < 1.29 is 9.66 Å². The smallest absolute Gasteiger partial charge is 0.414 e. The van der Waals surface area contributed by atoms with E-state index in [1.165, 1.54) is 6.20 Å². The molecule has 7 heteroatoms. The van der Waals surface area contributed by atoms with E-state index in [-0.39, 0.29) is 17.9 Å². The summed E-state index contributed by atoms with van der Waals surface area (Å²) in [4.78, 5) is 13.5. The van der Waals surface area contributed by atoms with Gasteiger partial charge in [0.1, 0.15) is 12.8 Å². The van der Waals surface area contributed by atoms with E-state index in [9.17, 15) is 10.1 Å². The normalized spacial score (nSPS) is 16.4. The van der Waals surface area contributed by atoms with Gasteiger partial charge in [0, 0.05) is 11.5 Å². The molecule has 0 spiro atoms. The van der Waals surface area contributed by atoms with Gasteiger partial charge in [0.2, 0.25) is 0 Å². The van der Waals surface area contributed by atoms with Crippen molar-refractivity contribution in [3.8, 4) is 6.01 Å². The monoisotopic (exact) mass is 244 g/mol. The molecule has 0 fully saturated rings. The second-order valence-electron chi connectivity index (χ2n) is 2.86. The van der Waals surface area contributed by atoms with E-state index >= 15 is 0 Å². The highest BCUT2D eigenvalue weighted by molar-refractivity contribution is 5.21. The molecule has 0 saturated heterocycles. The van der Waals surface area contributed by atoms with Gasteiger partial charge in [-0.05, 0) is 4.92 Å². The Morgan fingerprint density at radius 3 is 2.65 bits per heavy atom. The van der Waals surface area contributed by atoms with Gasteiger partial charge < -0.3 is 20.6 Å². The molecule has 2 rings (SSSR count). The first-order chi connectivity index (χ1) is 8.16. The van der Waals surface area contributed by atoms with Crippen LogP contribution in [0, 0.1) is 10.1 Å². The lowest BCUT2D eigenvalue weighted by Gasteiger charge is -2.17. The van der Waals surface area contributed by atoms with Crippen LogP contribution >= 0.6 is 0 Å². The molecular formula is C10H20N4O3. The van der Waals surface area contributed by atoms with E-state index in [0.717, 1.165) is 0 Å². The second kappa shape index (κ2) is 7.61. The third-order valence-electron chi connectivity index (χ3n) is 1.77. The Balaban J connectivity index is 0.000000581. The quantitative estimate of drug-likeness (QED) is 0.597. The lowest BCUT2D eigenvalue weighted by atomic mass is 10.3. The molecule has 0 amide bonds. The van der Waals surface area contributed by atoms with Gasteiger partial charge in [0.15, 0.2) is 0 Å². The maximum absolute atomic E-state index is 10.3. The van der Waals surface area contributed by atoms with Crippen molar-refractivity contribution in [2.45, 2.75) is 40.3 Å². The molecule has 0 bridgehead atoms. The van der Waals surface area contributed by atoms with Crippen LogP contribution in [0.15, 0.2) is 6.20 Å². The Morgan fingerprint density at radius 1 is 1.53 bits per heavy atom. The van der Waals surface area contributed by atoms with Gasteiger partial charge in [-0.25, -0.2) is 0 Å². The maximum atomic E-state index is 10.3. The van der Waals surface area contributed by atoms with Crippen LogP contribution < -0.4 is 10.5 Å². The van der Waals surface area contributed by atoms with E-state index in [0.29, 0.717) is 13.2 Å². The van der Waals surface area contributed by atoms with E-state index in [2.05, 4.69) is 4.98 Å². The zero-order valence-electron chi connectivity index (χ0n) is 10.7. The molecule has 0 radical (unpaired) electrons. The van der Waals surface area contributed by atoms with E-state index in [1.54, 1.807) is 4.57 Å². The second-order valence-corrected chi connectivity index (χ2v) is 2.86. The standard InChI is InChI=1S/C6H8N4O3.2C2H6/c7-4-1-9-2-5(10(11)12)8-6(9)13-3-4;2*1-2/h2,4H,1,3,7H2;2*1-2H3. The van der Waals surface area contributed by atoms with Crippen LogP contribution in [0.1, 0.15) is 27.7 Å². The number of rotatable bonds is 1. The minimum Gasteiger partial charge on any atom is -0.444 e. The van der Waals surface area contributed by atoms with Gasteiger partial charge in [-0.1, -0.05) is 27.7 Å². The maximum Gasteiger partial charge on any atom is 0.414 e. The number of nitro groups is 1. The molecule has 0 aromatic carbocycles. The molecular weight excluding hydrogens is 224 g/mol. The lowest BCUT2D eigenvalue weighted by molar-refractivity contribution is -0.389. The van der Waals surface area contributed by atoms with Crippen molar-refractivity contribution in [2.75, 3.05) is 6.61 Å². The molecule has 7 nitrogen and oxygen atoms in total. The van der Waals surface area contributed by atoms with Gasteiger partial charge in [0.25, 0.3) is 0 Å². The Morgan fingerprint density at radius 2 is 2.12 bits per heavy atom. The summed E-state index contributed by atoms with van der Waals surface area (Å²) in [7, 11) is 0. The van der Waals surface area contributed by atoms with Crippen LogP contribution in [0.5, 0.6) is 6.01 Å². The van der Waals surface area contributed by atoms with Crippen LogP contribution in [0.2, 0.25) is 0 Å². The summed E-state index contributed by atoms with van der Waals surface area (Å²) < 4.78 is 6.64. The molecule has 0 saturated carbocycles. The number of ether oxygens (including phenoxy) is 1. The number of imidazole rings is 1. The van der Waals surface area contributed by atoms with E-state index < -0.39 is 4.92 Å². The Labute approximate surface area is 101 Å². The van der Waals surface area contributed by atoms with Gasteiger partial charge in [-0.2, -0.15) is 0 Å². The number of aromatic nitrogens is 2. The number of nitrogens with two attached hydrogens (primary N) is 1. The minimum atomic E-state index is -0.555. The summed E-state index contributed by atoms with van der Waals surface area (Å²) in [5, 5.41) is 10.3. The Hall–Kier alpha value is -1.63. The fourth-order valence-corrected chi connectivity index (χ4v) is 1.21. The van der Waals surface area contributed by atoms with Crippen molar-refractivity contribution in [3.63, 3.8) is 0 Å².